The molecule has 0 saturated heterocycles. The number of halogens is 3. The van der Waals surface area contributed by atoms with Crippen LogP contribution < -0.4 is 14.2 Å². The summed E-state index contributed by atoms with van der Waals surface area (Å²) in [5, 5.41) is 0. The first kappa shape index (κ1) is 16.2. The summed E-state index contributed by atoms with van der Waals surface area (Å²) in [6.45, 7) is 0. The number of fused-ring (bicyclic) bond motifs is 3. The van der Waals surface area contributed by atoms with Crippen molar-refractivity contribution in [1.29, 1.82) is 0 Å². The largest absolute Gasteiger partial charge is 0.493 e. The van der Waals surface area contributed by atoms with Gasteiger partial charge in [-0.15, -0.1) is 0 Å². The first-order valence-electron chi connectivity index (χ1n) is 6.92. The van der Waals surface area contributed by atoms with Gasteiger partial charge in [0.1, 0.15) is 0 Å². The van der Waals surface area contributed by atoms with Gasteiger partial charge in [0.25, 0.3) is 0 Å². The van der Waals surface area contributed by atoms with E-state index in [4.69, 9.17) is 14.2 Å². The van der Waals surface area contributed by atoms with E-state index in [0.717, 1.165) is 12.1 Å². The fraction of sp³-hybridized carbons (Fsp3) is 0.235. The second-order valence-corrected chi connectivity index (χ2v) is 5.16. The van der Waals surface area contributed by atoms with Crippen LogP contribution in [-0.4, -0.2) is 27.1 Å². The molecule has 0 amide bonds. The average molecular weight is 338 g/mol. The van der Waals surface area contributed by atoms with E-state index in [1.54, 1.807) is 0 Å². The lowest BCUT2D eigenvalue weighted by molar-refractivity contribution is -0.137. The van der Waals surface area contributed by atoms with Crippen LogP contribution in [0.1, 0.15) is 21.5 Å². The van der Waals surface area contributed by atoms with E-state index in [0.29, 0.717) is 5.56 Å². The third kappa shape index (κ3) is 2.19. The zero-order valence-electron chi connectivity index (χ0n) is 13.1. The SMILES string of the molecule is COc1cc2c(c(OC)c1OC)C(=O)c1ccc(C(F)(F)F)cc1-2. The molecule has 1 aliphatic carbocycles. The minimum atomic E-state index is -4.50. The van der Waals surface area contributed by atoms with Crippen molar-refractivity contribution in [2.75, 3.05) is 21.3 Å². The molecule has 0 aliphatic heterocycles. The fourth-order valence-electron chi connectivity index (χ4n) is 2.87. The lowest BCUT2D eigenvalue weighted by Crippen LogP contribution is -2.05. The van der Waals surface area contributed by atoms with E-state index in [-0.39, 0.29) is 33.9 Å². The molecule has 0 radical (unpaired) electrons. The van der Waals surface area contributed by atoms with Crippen LogP contribution >= 0.6 is 0 Å². The maximum Gasteiger partial charge on any atom is 0.416 e. The van der Waals surface area contributed by atoms with E-state index < -0.39 is 17.5 Å². The van der Waals surface area contributed by atoms with Gasteiger partial charge in [-0.2, -0.15) is 13.2 Å². The topological polar surface area (TPSA) is 44.8 Å². The summed E-state index contributed by atoms with van der Waals surface area (Å²) in [5.74, 6) is 0.218. The van der Waals surface area contributed by atoms with Crippen molar-refractivity contribution in [3.63, 3.8) is 0 Å². The summed E-state index contributed by atoms with van der Waals surface area (Å²) in [4.78, 5) is 12.6. The summed E-state index contributed by atoms with van der Waals surface area (Å²) in [7, 11) is 4.14. The van der Waals surface area contributed by atoms with Crippen molar-refractivity contribution in [2.24, 2.45) is 0 Å². The van der Waals surface area contributed by atoms with Crippen LogP contribution in [-0.2, 0) is 6.18 Å². The number of carbonyl (C=O) groups is 1. The Hall–Kier alpha value is -2.70. The highest BCUT2D eigenvalue weighted by atomic mass is 19.4. The molecule has 0 heterocycles. The van der Waals surface area contributed by atoms with Gasteiger partial charge in [0.05, 0.1) is 32.5 Å². The standard InChI is InChI=1S/C17H13F3O4/c1-22-12-7-11-10-6-8(17(18,19)20)4-5-9(10)14(21)13(11)16(24-3)15(12)23-2/h4-7H,1-3H3. The highest BCUT2D eigenvalue weighted by Crippen LogP contribution is 2.50. The molecular formula is C17H13F3O4. The van der Waals surface area contributed by atoms with Crippen molar-refractivity contribution >= 4 is 5.78 Å². The second-order valence-electron chi connectivity index (χ2n) is 5.16. The molecule has 2 aromatic rings. The Bertz CT molecular complexity index is 841. The number of hydrogen-bond acceptors (Lipinski definition) is 4. The summed E-state index contributed by atoms with van der Waals surface area (Å²) in [6, 6.07) is 4.52. The van der Waals surface area contributed by atoms with Crippen molar-refractivity contribution in [2.45, 2.75) is 6.18 Å². The van der Waals surface area contributed by atoms with E-state index in [1.807, 2.05) is 0 Å². The first-order valence-corrected chi connectivity index (χ1v) is 6.92. The molecule has 4 nitrogen and oxygen atoms in total. The van der Waals surface area contributed by atoms with Gasteiger partial charge in [0, 0.05) is 11.1 Å². The maximum absolute atomic E-state index is 13.0. The lowest BCUT2D eigenvalue weighted by Gasteiger charge is -2.15. The molecule has 2 aromatic carbocycles. The van der Waals surface area contributed by atoms with Crippen LogP contribution in [0.3, 0.4) is 0 Å². The van der Waals surface area contributed by atoms with Crippen LogP contribution in [0.25, 0.3) is 11.1 Å². The molecular weight excluding hydrogens is 325 g/mol. The molecule has 3 rings (SSSR count). The van der Waals surface area contributed by atoms with Crippen molar-refractivity contribution in [3.05, 3.63) is 41.0 Å². The Labute approximate surface area is 135 Å². The zero-order chi connectivity index (χ0) is 17.6. The van der Waals surface area contributed by atoms with Crippen molar-refractivity contribution in [3.8, 4) is 28.4 Å². The summed E-state index contributed by atoms with van der Waals surface area (Å²) in [5.41, 5.74) is 0.0615. The monoisotopic (exact) mass is 338 g/mol. The molecule has 0 fully saturated rings. The van der Waals surface area contributed by atoms with Gasteiger partial charge in [-0.25, -0.2) is 0 Å². The number of rotatable bonds is 3. The zero-order valence-corrected chi connectivity index (χ0v) is 13.1. The number of methoxy groups -OCH3 is 3. The molecule has 0 bridgehead atoms. The highest BCUT2D eigenvalue weighted by molar-refractivity contribution is 6.23. The van der Waals surface area contributed by atoms with Gasteiger partial charge >= 0.3 is 6.18 Å². The van der Waals surface area contributed by atoms with Gasteiger partial charge in [-0.05, 0) is 29.8 Å². The number of alkyl halides is 3. The van der Waals surface area contributed by atoms with Crippen LogP contribution in [0.2, 0.25) is 0 Å². The molecule has 126 valence electrons. The average Bonchev–Trinajstić information content (AvgIpc) is 2.84. The number of benzene rings is 2. The van der Waals surface area contributed by atoms with Crippen LogP contribution in [0.4, 0.5) is 13.2 Å². The van der Waals surface area contributed by atoms with Crippen LogP contribution in [0.15, 0.2) is 24.3 Å². The molecule has 0 aromatic heterocycles. The Morgan fingerprint density at radius 1 is 0.833 bits per heavy atom. The van der Waals surface area contributed by atoms with Crippen molar-refractivity contribution in [1.82, 2.24) is 0 Å². The Morgan fingerprint density at radius 3 is 2.04 bits per heavy atom. The predicted molar refractivity (Wildman–Crippen MR) is 80.0 cm³/mol. The minimum absolute atomic E-state index is 0.140. The van der Waals surface area contributed by atoms with Crippen LogP contribution in [0, 0.1) is 0 Å². The number of ketones is 1. The molecule has 0 spiro atoms. The number of ether oxygens (including phenoxy) is 3. The third-order valence-corrected chi connectivity index (χ3v) is 3.94. The Morgan fingerprint density at radius 2 is 1.50 bits per heavy atom. The smallest absolute Gasteiger partial charge is 0.416 e. The lowest BCUT2D eigenvalue weighted by atomic mass is 10.0. The first-order chi connectivity index (χ1) is 11.3. The highest BCUT2D eigenvalue weighted by Gasteiger charge is 2.37. The normalized spacial score (nSPS) is 12.7. The molecule has 1 aliphatic rings. The van der Waals surface area contributed by atoms with E-state index in [1.165, 1.54) is 33.5 Å². The van der Waals surface area contributed by atoms with Gasteiger partial charge < -0.3 is 14.2 Å². The minimum Gasteiger partial charge on any atom is -0.493 e. The Kier molecular flexibility index (Phi) is 3.66. The quantitative estimate of drug-likeness (QED) is 0.726. The van der Waals surface area contributed by atoms with Gasteiger partial charge in [0.15, 0.2) is 17.3 Å². The molecule has 0 unspecified atom stereocenters. The predicted octanol–water partition coefficient (Wildman–Crippen LogP) is 3.94. The maximum atomic E-state index is 13.0. The molecule has 0 saturated carbocycles. The van der Waals surface area contributed by atoms with E-state index in [9.17, 15) is 18.0 Å². The molecule has 24 heavy (non-hydrogen) atoms. The van der Waals surface area contributed by atoms with E-state index >= 15 is 0 Å². The molecule has 0 N–H and O–H groups in total. The van der Waals surface area contributed by atoms with Crippen molar-refractivity contribution < 1.29 is 32.2 Å². The van der Waals surface area contributed by atoms with Gasteiger partial charge in [0.2, 0.25) is 5.75 Å². The summed E-state index contributed by atoms with van der Waals surface area (Å²) >= 11 is 0. The summed E-state index contributed by atoms with van der Waals surface area (Å²) < 4.78 is 54.7. The molecule has 7 heteroatoms. The van der Waals surface area contributed by atoms with Gasteiger partial charge in [-0.3, -0.25) is 4.79 Å². The Balaban J connectivity index is 2.33. The fourth-order valence-corrected chi connectivity index (χ4v) is 2.87. The summed E-state index contributed by atoms with van der Waals surface area (Å²) in [6.07, 6.45) is -4.50. The van der Waals surface area contributed by atoms with Crippen LogP contribution in [0.5, 0.6) is 17.2 Å². The van der Waals surface area contributed by atoms with Gasteiger partial charge in [-0.1, -0.05) is 0 Å². The molecule has 0 atom stereocenters. The second kappa shape index (κ2) is 5.43. The van der Waals surface area contributed by atoms with E-state index in [2.05, 4.69) is 0 Å². The third-order valence-electron chi connectivity index (χ3n) is 3.94. The number of carbonyl (C=O) groups excluding carboxylic acids is 1. The number of hydrogen-bond donors (Lipinski definition) is 0.